The van der Waals surface area contributed by atoms with Gasteiger partial charge in [-0.05, 0) is 19.4 Å². The molecule has 0 atom stereocenters. The number of benzene rings is 1. The molecule has 0 N–H and O–H groups in total. The minimum Gasteiger partial charge on any atom is -0.466 e. The molecule has 0 saturated heterocycles. The Hall–Kier alpha value is -2.81. The molecule has 0 unspecified atom stereocenters. The van der Waals surface area contributed by atoms with Crippen molar-refractivity contribution in [2.45, 2.75) is 26.7 Å². The van der Waals surface area contributed by atoms with Crippen molar-refractivity contribution >= 4 is 28.2 Å². The van der Waals surface area contributed by atoms with Crippen LogP contribution in [-0.2, 0) is 31.9 Å². The normalized spacial score (nSPS) is 10.8. The molecule has 3 rings (SSSR count). The molecule has 136 valence electrons. The highest BCUT2D eigenvalue weighted by Crippen LogP contribution is 2.29. The van der Waals surface area contributed by atoms with E-state index in [-0.39, 0.29) is 24.8 Å². The number of fused-ring (bicyclic) bond motifs is 1. The molecule has 1 aromatic carbocycles. The molecule has 2 heterocycles. The van der Waals surface area contributed by atoms with Gasteiger partial charge in [-0.3, -0.25) is 9.59 Å². The second-order valence-corrected chi connectivity index (χ2v) is 6.29. The number of rotatable bonds is 7. The second-order valence-electron chi connectivity index (χ2n) is 5.34. The van der Waals surface area contributed by atoms with Gasteiger partial charge >= 0.3 is 11.9 Å². The van der Waals surface area contributed by atoms with E-state index in [1.807, 2.05) is 24.3 Å². The molecule has 2 aromatic heterocycles. The lowest BCUT2D eigenvalue weighted by Crippen LogP contribution is -2.10. The van der Waals surface area contributed by atoms with Crippen LogP contribution in [0.2, 0.25) is 0 Å². The van der Waals surface area contributed by atoms with Crippen LogP contribution in [0.1, 0.15) is 25.2 Å². The van der Waals surface area contributed by atoms with Gasteiger partial charge in [0.15, 0.2) is 5.82 Å². The minimum absolute atomic E-state index is 0.00263. The van der Waals surface area contributed by atoms with Crippen molar-refractivity contribution in [1.29, 1.82) is 0 Å². The van der Waals surface area contributed by atoms with Crippen molar-refractivity contribution in [2.75, 3.05) is 13.2 Å². The first-order valence-corrected chi connectivity index (χ1v) is 9.04. The van der Waals surface area contributed by atoms with Crippen LogP contribution >= 0.6 is 11.3 Å². The fourth-order valence-corrected chi connectivity index (χ4v) is 3.39. The van der Waals surface area contributed by atoms with E-state index in [1.165, 1.54) is 15.9 Å². The number of carbonyl (C=O) groups is 2. The molecule has 8 nitrogen and oxygen atoms in total. The Morgan fingerprint density at radius 1 is 1.04 bits per heavy atom. The van der Waals surface area contributed by atoms with Gasteiger partial charge in [0.2, 0.25) is 4.96 Å². The van der Waals surface area contributed by atoms with Crippen molar-refractivity contribution in [1.82, 2.24) is 19.8 Å². The van der Waals surface area contributed by atoms with Crippen molar-refractivity contribution in [2.24, 2.45) is 0 Å². The van der Waals surface area contributed by atoms with Gasteiger partial charge < -0.3 is 9.47 Å². The fraction of sp³-hybridized carbons (Fsp3) is 0.353. The highest BCUT2D eigenvalue weighted by Gasteiger charge is 2.18. The van der Waals surface area contributed by atoms with E-state index in [9.17, 15) is 9.59 Å². The summed E-state index contributed by atoms with van der Waals surface area (Å²) in [5.74, 6) is -0.242. The SMILES string of the molecule is CCOC(=O)Cc1ccccc1-c1nn2c(CC(=O)OCC)nnc2s1. The van der Waals surface area contributed by atoms with E-state index in [0.29, 0.717) is 29.0 Å². The van der Waals surface area contributed by atoms with Crippen LogP contribution in [0.3, 0.4) is 0 Å². The molecule has 26 heavy (non-hydrogen) atoms. The first kappa shape index (κ1) is 18.0. The Morgan fingerprint density at radius 3 is 2.46 bits per heavy atom. The molecule has 0 fully saturated rings. The van der Waals surface area contributed by atoms with Crippen LogP contribution in [0.5, 0.6) is 0 Å². The molecule has 3 aromatic rings. The predicted molar refractivity (Wildman–Crippen MR) is 94.8 cm³/mol. The molecular formula is C17H18N4O4S. The molecule has 0 aliphatic carbocycles. The quantitative estimate of drug-likeness (QED) is 0.584. The van der Waals surface area contributed by atoms with Crippen LogP contribution < -0.4 is 0 Å². The summed E-state index contributed by atoms with van der Waals surface area (Å²) in [5.41, 5.74) is 1.65. The van der Waals surface area contributed by atoms with E-state index < -0.39 is 0 Å². The first-order chi connectivity index (χ1) is 12.6. The van der Waals surface area contributed by atoms with Gasteiger partial charge in [0.1, 0.15) is 11.4 Å². The maximum absolute atomic E-state index is 11.8. The van der Waals surface area contributed by atoms with Gasteiger partial charge in [0.25, 0.3) is 0 Å². The molecule has 0 spiro atoms. The smallest absolute Gasteiger partial charge is 0.313 e. The third-order valence-electron chi connectivity index (χ3n) is 3.55. The Morgan fingerprint density at radius 2 is 1.73 bits per heavy atom. The summed E-state index contributed by atoms with van der Waals surface area (Å²) in [5, 5.41) is 13.3. The zero-order valence-corrected chi connectivity index (χ0v) is 15.3. The van der Waals surface area contributed by atoms with E-state index in [4.69, 9.17) is 9.47 Å². The Balaban J connectivity index is 1.91. The van der Waals surface area contributed by atoms with E-state index in [1.54, 1.807) is 13.8 Å². The molecule has 0 bridgehead atoms. The number of carbonyl (C=O) groups excluding carboxylic acids is 2. The Bertz CT molecular complexity index is 934. The lowest BCUT2D eigenvalue weighted by Gasteiger charge is -2.06. The Kier molecular flexibility index (Phi) is 5.57. The summed E-state index contributed by atoms with van der Waals surface area (Å²) in [6.45, 7) is 4.18. The number of esters is 2. The molecule has 0 saturated carbocycles. The number of aromatic nitrogens is 4. The van der Waals surface area contributed by atoms with Crippen LogP contribution in [0.25, 0.3) is 15.5 Å². The van der Waals surface area contributed by atoms with Crippen LogP contribution in [0.15, 0.2) is 24.3 Å². The molecule has 0 radical (unpaired) electrons. The lowest BCUT2D eigenvalue weighted by atomic mass is 10.1. The van der Waals surface area contributed by atoms with Crippen molar-refractivity contribution in [3.63, 3.8) is 0 Å². The van der Waals surface area contributed by atoms with Crippen molar-refractivity contribution in [3.8, 4) is 10.6 Å². The molecule has 0 aliphatic heterocycles. The third kappa shape index (κ3) is 3.88. The molecular weight excluding hydrogens is 356 g/mol. The maximum Gasteiger partial charge on any atom is 0.313 e. The van der Waals surface area contributed by atoms with Gasteiger partial charge in [-0.25, -0.2) is 0 Å². The van der Waals surface area contributed by atoms with Gasteiger partial charge in [0, 0.05) is 5.56 Å². The summed E-state index contributed by atoms with van der Waals surface area (Å²) in [4.78, 5) is 24.1. The average Bonchev–Trinajstić information content (AvgIpc) is 3.18. The van der Waals surface area contributed by atoms with Gasteiger partial charge in [0.05, 0.1) is 19.6 Å². The zero-order chi connectivity index (χ0) is 18.5. The van der Waals surface area contributed by atoms with Gasteiger partial charge in [-0.15, -0.1) is 10.2 Å². The predicted octanol–water partition coefficient (Wildman–Crippen LogP) is 2.06. The maximum atomic E-state index is 11.8. The Labute approximate surface area is 153 Å². The number of ether oxygens (including phenoxy) is 2. The number of hydrogen-bond donors (Lipinski definition) is 0. The van der Waals surface area contributed by atoms with Crippen LogP contribution in [0, 0.1) is 0 Å². The van der Waals surface area contributed by atoms with Gasteiger partial charge in [-0.1, -0.05) is 35.6 Å². The van der Waals surface area contributed by atoms with Crippen LogP contribution in [0.4, 0.5) is 0 Å². The summed E-state index contributed by atoms with van der Waals surface area (Å²) < 4.78 is 11.5. The standard InChI is InChI=1S/C17H18N4O4S/c1-3-24-14(22)9-11-7-5-6-8-12(11)16-20-21-13(10-15(23)25-4-2)18-19-17(21)26-16/h5-8H,3-4,9-10H2,1-2H3. The minimum atomic E-state index is -0.376. The first-order valence-electron chi connectivity index (χ1n) is 8.23. The van der Waals surface area contributed by atoms with E-state index in [0.717, 1.165) is 11.1 Å². The number of hydrogen-bond acceptors (Lipinski definition) is 8. The summed E-state index contributed by atoms with van der Waals surface area (Å²) in [7, 11) is 0. The molecule has 0 amide bonds. The average molecular weight is 374 g/mol. The van der Waals surface area contributed by atoms with Crippen LogP contribution in [-0.4, -0.2) is 45.0 Å². The number of nitrogens with zero attached hydrogens (tertiary/aromatic N) is 4. The third-order valence-corrected chi connectivity index (χ3v) is 4.48. The van der Waals surface area contributed by atoms with Crippen molar-refractivity contribution < 1.29 is 19.1 Å². The van der Waals surface area contributed by atoms with E-state index in [2.05, 4.69) is 15.3 Å². The largest absolute Gasteiger partial charge is 0.466 e. The highest BCUT2D eigenvalue weighted by molar-refractivity contribution is 7.19. The topological polar surface area (TPSA) is 95.7 Å². The van der Waals surface area contributed by atoms with Gasteiger partial charge in [-0.2, -0.15) is 9.61 Å². The summed E-state index contributed by atoms with van der Waals surface area (Å²) in [6.07, 6.45) is 0.169. The monoisotopic (exact) mass is 374 g/mol. The second kappa shape index (κ2) is 8.05. The fourth-order valence-electron chi connectivity index (χ4n) is 2.47. The lowest BCUT2D eigenvalue weighted by molar-refractivity contribution is -0.143. The molecule has 9 heteroatoms. The summed E-state index contributed by atoms with van der Waals surface area (Å²) >= 11 is 1.34. The zero-order valence-electron chi connectivity index (χ0n) is 14.5. The summed E-state index contributed by atoms with van der Waals surface area (Å²) in [6, 6.07) is 7.51. The highest BCUT2D eigenvalue weighted by atomic mass is 32.1. The molecule has 0 aliphatic rings. The van der Waals surface area contributed by atoms with E-state index >= 15 is 0 Å². The van der Waals surface area contributed by atoms with Crippen molar-refractivity contribution in [3.05, 3.63) is 35.7 Å².